The van der Waals surface area contributed by atoms with Crippen molar-refractivity contribution in [1.29, 1.82) is 0 Å². The van der Waals surface area contributed by atoms with Crippen LogP contribution in [0, 0.1) is 11.8 Å². The van der Waals surface area contributed by atoms with Crippen LogP contribution in [0.15, 0.2) is 36.5 Å². The first-order chi connectivity index (χ1) is 12.1. The number of carbonyl (C=O) groups excluding carboxylic acids is 1. The van der Waals surface area contributed by atoms with E-state index in [1.165, 1.54) is 17.2 Å². The topological polar surface area (TPSA) is 49.0 Å². The molecule has 0 radical (unpaired) electrons. The van der Waals surface area contributed by atoms with E-state index in [4.69, 9.17) is 0 Å². The van der Waals surface area contributed by atoms with Crippen LogP contribution in [0.4, 0.5) is 0 Å². The third-order valence-electron chi connectivity index (χ3n) is 5.26. The Morgan fingerprint density at radius 2 is 1.92 bits per heavy atom. The van der Waals surface area contributed by atoms with E-state index in [9.17, 15) is 4.79 Å². The molecule has 1 fully saturated rings. The summed E-state index contributed by atoms with van der Waals surface area (Å²) in [5.41, 5.74) is 3.17. The Morgan fingerprint density at radius 1 is 1.16 bits per heavy atom. The van der Waals surface area contributed by atoms with Crippen LogP contribution in [0.2, 0.25) is 0 Å². The van der Waals surface area contributed by atoms with Gasteiger partial charge in [-0.15, -0.1) is 0 Å². The lowest BCUT2D eigenvalue weighted by Gasteiger charge is -2.35. The number of amides is 1. The van der Waals surface area contributed by atoms with Gasteiger partial charge in [-0.1, -0.05) is 32.0 Å². The number of rotatable bonds is 3. The Labute approximate surface area is 148 Å². The Morgan fingerprint density at radius 3 is 2.72 bits per heavy atom. The van der Waals surface area contributed by atoms with Gasteiger partial charge in [-0.2, -0.15) is 0 Å². The summed E-state index contributed by atoms with van der Waals surface area (Å²) in [7, 11) is 0. The minimum Gasteiger partial charge on any atom is -0.353 e. The zero-order chi connectivity index (χ0) is 17.4. The lowest BCUT2D eigenvalue weighted by atomic mass is 9.91. The molecule has 3 heterocycles. The van der Waals surface area contributed by atoms with Crippen molar-refractivity contribution in [3.05, 3.63) is 42.2 Å². The van der Waals surface area contributed by atoms with Crippen LogP contribution < -0.4 is 0 Å². The second-order valence-electron chi connectivity index (χ2n) is 7.64. The summed E-state index contributed by atoms with van der Waals surface area (Å²) in [4.78, 5) is 22.6. The fourth-order valence-corrected chi connectivity index (χ4v) is 4.19. The number of piperidine rings is 1. The van der Waals surface area contributed by atoms with Gasteiger partial charge < -0.3 is 9.88 Å². The summed E-state index contributed by atoms with van der Waals surface area (Å²) in [6.07, 6.45) is 4.36. The van der Waals surface area contributed by atoms with Crippen molar-refractivity contribution in [2.75, 3.05) is 13.1 Å². The zero-order valence-electron chi connectivity index (χ0n) is 15.0. The van der Waals surface area contributed by atoms with Gasteiger partial charge in [0.2, 0.25) is 5.91 Å². The van der Waals surface area contributed by atoms with Crippen molar-refractivity contribution in [1.82, 2.24) is 14.9 Å². The highest BCUT2D eigenvalue weighted by atomic mass is 16.2. The molecule has 0 saturated carbocycles. The highest BCUT2D eigenvalue weighted by Crippen LogP contribution is 2.26. The van der Waals surface area contributed by atoms with Crippen LogP contribution in [0.3, 0.4) is 0 Å². The monoisotopic (exact) mass is 335 g/mol. The van der Waals surface area contributed by atoms with Crippen LogP contribution >= 0.6 is 0 Å². The molecule has 1 N–H and O–H groups in total. The number of likely N-dealkylation sites (tertiary alicyclic amines) is 1. The molecule has 1 amide bonds. The molecule has 2 aromatic heterocycles. The smallest absolute Gasteiger partial charge is 0.222 e. The molecule has 0 aliphatic carbocycles. The number of pyridine rings is 1. The molecule has 1 aliphatic heterocycles. The lowest BCUT2D eigenvalue weighted by Crippen LogP contribution is -2.42. The van der Waals surface area contributed by atoms with Gasteiger partial charge in [0.1, 0.15) is 0 Å². The van der Waals surface area contributed by atoms with Crippen LogP contribution in [0.5, 0.6) is 0 Å². The summed E-state index contributed by atoms with van der Waals surface area (Å²) in [6, 6.07) is 10.4. The average Bonchev–Trinajstić information content (AvgIpc) is 2.97. The first-order valence-electron chi connectivity index (χ1n) is 9.23. The van der Waals surface area contributed by atoms with Gasteiger partial charge in [0, 0.05) is 41.5 Å². The van der Waals surface area contributed by atoms with E-state index in [1.807, 2.05) is 17.2 Å². The van der Waals surface area contributed by atoms with E-state index in [0.29, 0.717) is 24.7 Å². The van der Waals surface area contributed by atoms with Gasteiger partial charge in [0.05, 0.1) is 11.7 Å². The number of hydrogen-bond acceptors (Lipinski definition) is 2. The maximum Gasteiger partial charge on any atom is 0.222 e. The molecule has 4 rings (SSSR count). The molecule has 3 aromatic rings. The minimum absolute atomic E-state index is 0.263. The molecule has 4 heteroatoms. The van der Waals surface area contributed by atoms with Crippen LogP contribution in [0.1, 0.15) is 32.4 Å². The molecular weight excluding hydrogens is 310 g/mol. The van der Waals surface area contributed by atoms with E-state index >= 15 is 0 Å². The van der Waals surface area contributed by atoms with E-state index in [2.05, 4.69) is 48.1 Å². The number of nitrogens with one attached hydrogen (secondary N) is 1. The Hall–Kier alpha value is -2.36. The summed E-state index contributed by atoms with van der Waals surface area (Å²) in [5, 5.41) is 2.40. The fourth-order valence-electron chi connectivity index (χ4n) is 4.19. The van der Waals surface area contributed by atoms with Gasteiger partial charge in [0.15, 0.2) is 0 Å². The minimum atomic E-state index is 0.263. The first-order valence-corrected chi connectivity index (χ1v) is 9.23. The summed E-state index contributed by atoms with van der Waals surface area (Å²) in [5.74, 6) is 1.47. The largest absolute Gasteiger partial charge is 0.353 e. The third kappa shape index (κ3) is 3.26. The van der Waals surface area contributed by atoms with E-state index in [0.717, 1.165) is 29.8 Å². The number of aromatic nitrogens is 2. The van der Waals surface area contributed by atoms with Gasteiger partial charge in [-0.3, -0.25) is 9.78 Å². The number of nitrogens with zero attached hydrogens (tertiary/aromatic N) is 2. The highest BCUT2D eigenvalue weighted by molar-refractivity contribution is 6.06. The number of aryl methyl sites for hydroxylation is 1. The zero-order valence-corrected chi connectivity index (χ0v) is 15.0. The molecule has 1 saturated heterocycles. The van der Waals surface area contributed by atoms with Crippen molar-refractivity contribution in [2.45, 2.75) is 33.1 Å². The molecular formula is C21H25N3O. The van der Waals surface area contributed by atoms with Crippen molar-refractivity contribution in [3.8, 4) is 0 Å². The quantitative estimate of drug-likeness (QED) is 0.781. The van der Waals surface area contributed by atoms with Crippen LogP contribution in [-0.4, -0.2) is 33.9 Å². The van der Waals surface area contributed by atoms with E-state index in [-0.39, 0.29) is 5.91 Å². The highest BCUT2D eigenvalue weighted by Gasteiger charge is 2.25. The number of aromatic amines is 1. The molecule has 4 nitrogen and oxygen atoms in total. The molecule has 0 bridgehead atoms. The lowest BCUT2D eigenvalue weighted by molar-refractivity contribution is -0.133. The van der Waals surface area contributed by atoms with Gasteiger partial charge in [0.25, 0.3) is 0 Å². The normalized spacial score (nSPS) is 21.1. The second-order valence-corrected chi connectivity index (χ2v) is 7.64. The predicted molar refractivity (Wildman–Crippen MR) is 101 cm³/mol. The maximum absolute atomic E-state index is 12.6. The molecule has 2 unspecified atom stereocenters. The summed E-state index contributed by atoms with van der Waals surface area (Å²) >= 11 is 0. The average molecular weight is 335 g/mol. The maximum atomic E-state index is 12.6. The van der Waals surface area contributed by atoms with Gasteiger partial charge >= 0.3 is 0 Å². The van der Waals surface area contributed by atoms with Crippen LogP contribution in [0.25, 0.3) is 21.8 Å². The predicted octanol–water partition coefficient (Wildman–Crippen LogP) is 4.15. The first kappa shape index (κ1) is 16.1. The van der Waals surface area contributed by atoms with E-state index < -0.39 is 0 Å². The molecule has 25 heavy (non-hydrogen) atoms. The summed E-state index contributed by atoms with van der Waals surface area (Å²) in [6.45, 7) is 6.28. The SMILES string of the molecule is CC1CC(C)CN(C(=O)CCc2cc3c(cn2)[nH]c2ccccc23)C1. The third-order valence-corrected chi connectivity index (χ3v) is 5.26. The second kappa shape index (κ2) is 6.51. The number of hydrogen-bond donors (Lipinski definition) is 1. The Kier molecular flexibility index (Phi) is 4.20. The van der Waals surface area contributed by atoms with Crippen LogP contribution in [-0.2, 0) is 11.2 Å². The van der Waals surface area contributed by atoms with Gasteiger partial charge in [-0.05, 0) is 36.8 Å². The van der Waals surface area contributed by atoms with E-state index in [1.54, 1.807) is 0 Å². The fraction of sp³-hybridized carbons (Fsp3) is 0.429. The Balaban J connectivity index is 1.49. The van der Waals surface area contributed by atoms with Gasteiger partial charge in [-0.25, -0.2) is 0 Å². The molecule has 130 valence electrons. The van der Waals surface area contributed by atoms with Crippen molar-refractivity contribution in [2.24, 2.45) is 11.8 Å². The standard InChI is InChI=1S/C21H25N3O/c1-14-9-15(2)13-24(12-14)21(25)8-7-16-10-18-17-5-3-4-6-19(17)23-20(18)11-22-16/h3-6,10-11,14-15,23H,7-9,12-13H2,1-2H3. The van der Waals surface area contributed by atoms with Crippen molar-refractivity contribution < 1.29 is 4.79 Å². The summed E-state index contributed by atoms with van der Waals surface area (Å²) < 4.78 is 0. The number of H-pyrrole nitrogens is 1. The number of benzene rings is 1. The molecule has 2 atom stereocenters. The number of para-hydroxylation sites is 1. The Bertz CT molecular complexity index is 904. The molecule has 1 aromatic carbocycles. The van der Waals surface area contributed by atoms with Crippen molar-refractivity contribution >= 4 is 27.7 Å². The molecule has 1 aliphatic rings. The number of fused-ring (bicyclic) bond motifs is 3. The van der Waals surface area contributed by atoms with Crippen molar-refractivity contribution in [3.63, 3.8) is 0 Å². The molecule has 0 spiro atoms. The number of carbonyl (C=O) groups is 1.